The van der Waals surface area contributed by atoms with Crippen molar-refractivity contribution < 1.29 is 19.1 Å². The number of carbonyl (C=O) groups excluding carboxylic acids is 2. The molecule has 0 saturated carbocycles. The van der Waals surface area contributed by atoms with Gasteiger partial charge in [0.25, 0.3) is 11.8 Å². The van der Waals surface area contributed by atoms with Crippen molar-refractivity contribution in [2.24, 2.45) is 0 Å². The van der Waals surface area contributed by atoms with E-state index in [1.807, 2.05) is 36.4 Å². The van der Waals surface area contributed by atoms with E-state index in [1.165, 1.54) is 4.90 Å². The standard InChI is InChI=1S/C26H19ClN2O4S3/c1-32-19-9-7-15(11-20(19)33-2)12-23-25(31)28(26(34)36-23)14-24(30)29-17-5-3-4-6-21(17)35-22-10-8-16(27)13-18(22)29/h3-13H,14H2,1-2H3. The third kappa shape index (κ3) is 4.59. The van der Waals surface area contributed by atoms with Gasteiger partial charge in [0.1, 0.15) is 10.9 Å². The first-order chi connectivity index (χ1) is 17.4. The van der Waals surface area contributed by atoms with Crippen molar-refractivity contribution in [2.75, 3.05) is 25.7 Å². The summed E-state index contributed by atoms with van der Waals surface area (Å²) in [4.78, 5) is 32.2. The van der Waals surface area contributed by atoms with Crippen LogP contribution in [0.15, 0.2) is 75.4 Å². The lowest BCUT2D eigenvalue weighted by atomic mass is 10.2. The maximum Gasteiger partial charge on any atom is 0.266 e. The van der Waals surface area contributed by atoms with E-state index in [1.54, 1.807) is 61.2 Å². The van der Waals surface area contributed by atoms with Gasteiger partial charge in [0.15, 0.2) is 11.5 Å². The van der Waals surface area contributed by atoms with Gasteiger partial charge in [-0.05, 0) is 54.1 Å². The van der Waals surface area contributed by atoms with Crippen LogP contribution in [-0.4, -0.2) is 41.8 Å². The molecule has 1 saturated heterocycles. The van der Waals surface area contributed by atoms with Gasteiger partial charge in [-0.25, -0.2) is 0 Å². The fourth-order valence-corrected chi connectivity index (χ4v) is 6.39. The van der Waals surface area contributed by atoms with E-state index in [9.17, 15) is 9.59 Å². The Morgan fingerprint density at radius 2 is 1.72 bits per heavy atom. The number of thioether (sulfide) groups is 1. The number of para-hydroxylation sites is 1. The van der Waals surface area contributed by atoms with Gasteiger partial charge in [-0.15, -0.1) is 0 Å². The monoisotopic (exact) mass is 554 g/mol. The molecule has 1 fully saturated rings. The number of benzene rings is 3. The normalized spacial score (nSPS) is 15.7. The number of fused-ring (bicyclic) bond motifs is 2. The first-order valence-electron chi connectivity index (χ1n) is 10.8. The minimum absolute atomic E-state index is 0.196. The predicted octanol–water partition coefficient (Wildman–Crippen LogP) is 6.39. The quantitative estimate of drug-likeness (QED) is 0.267. The average molecular weight is 555 g/mol. The number of methoxy groups -OCH3 is 2. The first kappa shape index (κ1) is 24.7. The molecule has 2 amide bonds. The van der Waals surface area contributed by atoms with Gasteiger partial charge in [0.05, 0.1) is 30.5 Å². The SMILES string of the molecule is COc1ccc(C=C2SC(=S)N(CC(=O)N3c4ccccc4Sc4ccc(Cl)cc43)C2=O)cc1OC. The highest BCUT2D eigenvalue weighted by Gasteiger charge is 2.36. The summed E-state index contributed by atoms with van der Waals surface area (Å²) in [7, 11) is 3.11. The molecule has 0 N–H and O–H groups in total. The molecule has 10 heteroatoms. The minimum Gasteiger partial charge on any atom is -0.493 e. The highest BCUT2D eigenvalue weighted by Crippen LogP contribution is 2.49. The number of anilines is 2. The Hall–Kier alpha value is -2.98. The van der Waals surface area contributed by atoms with Crippen LogP contribution in [0.5, 0.6) is 11.5 Å². The topological polar surface area (TPSA) is 59.1 Å². The number of hydrogen-bond donors (Lipinski definition) is 0. The number of amides is 2. The van der Waals surface area contributed by atoms with Crippen molar-refractivity contribution in [3.8, 4) is 11.5 Å². The van der Waals surface area contributed by atoms with E-state index in [4.69, 9.17) is 33.3 Å². The summed E-state index contributed by atoms with van der Waals surface area (Å²) in [5.41, 5.74) is 2.18. The average Bonchev–Trinajstić information content (AvgIpc) is 3.14. The number of rotatable bonds is 5. The summed E-state index contributed by atoms with van der Waals surface area (Å²) in [5, 5.41) is 0.523. The molecule has 0 atom stereocenters. The summed E-state index contributed by atoms with van der Waals surface area (Å²) in [5.74, 6) is 0.540. The second kappa shape index (κ2) is 10.2. The molecule has 6 nitrogen and oxygen atoms in total. The van der Waals surface area contributed by atoms with Crippen LogP contribution in [0.25, 0.3) is 6.08 Å². The van der Waals surface area contributed by atoms with Gasteiger partial charge in [-0.3, -0.25) is 19.4 Å². The lowest BCUT2D eigenvalue weighted by Crippen LogP contribution is -2.41. The molecule has 5 rings (SSSR count). The molecule has 0 bridgehead atoms. The van der Waals surface area contributed by atoms with E-state index < -0.39 is 0 Å². The van der Waals surface area contributed by atoms with Crippen molar-refractivity contribution in [3.05, 3.63) is 76.2 Å². The molecule has 2 aliphatic rings. The maximum absolute atomic E-state index is 13.7. The molecule has 0 spiro atoms. The molecule has 0 radical (unpaired) electrons. The maximum atomic E-state index is 13.7. The van der Waals surface area contributed by atoms with Gasteiger partial charge in [0, 0.05) is 14.8 Å². The summed E-state index contributed by atoms with van der Waals surface area (Å²) in [6.45, 7) is -0.196. The molecule has 36 heavy (non-hydrogen) atoms. The number of carbonyl (C=O) groups is 2. The summed E-state index contributed by atoms with van der Waals surface area (Å²) in [6.07, 6.45) is 1.73. The molecule has 2 aliphatic heterocycles. The Morgan fingerprint density at radius 1 is 0.972 bits per heavy atom. The molecular weight excluding hydrogens is 536 g/mol. The number of halogens is 1. The Labute approximate surface area is 227 Å². The highest BCUT2D eigenvalue weighted by atomic mass is 35.5. The van der Waals surface area contributed by atoms with Gasteiger partial charge >= 0.3 is 0 Å². The van der Waals surface area contributed by atoms with Gasteiger partial charge in [-0.1, -0.05) is 65.5 Å². The fraction of sp³-hybridized carbons (Fsp3) is 0.115. The molecule has 0 aliphatic carbocycles. The van der Waals surface area contributed by atoms with E-state index in [-0.39, 0.29) is 18.4 Å². The van der Waals surface area contributed by atoms with Crippen molar-refractivity contribution in [2.45, 2.75) is 9.79 Å². The van der Waals surface area contributed by atoms with Crippen molar-refractivity contribution >= 4 is 80.9 Å². The predicted molar refractivity (Wildman–Crippen MR) is 149 cm³/mol. The Balaban J connectivity index is 1.42. The Kier molecular flexibility index (Phi) is 6.98. The third-order valence-electron chi connectivity index (χ3n) is 5.61. The lowest BCUT2D eigenvalue weighted by Gasteiger charge is -2.32. The van der Waals surface area contributed by atoms with Crippen LogP contribution in [-0.2, 0) is 9.59 Å². The molecule has 182 valence electrons. The zero-order valence-corrected chi connectivity index (χ0v) is 22.4. The van der Waals surface area contributed by atoms with Crippen LogP contribution in [0.3, 0.4) is 0 Å². The van der Waals surface area contributed by atoms with Crippen LogP contribution in [0.2, 0.25) is 5.02 Å². The number of hydrogen-bond acceptors (Lipinski definition) is 7. The summed E-state index contributed by atoms with van der Waals surface area (Å²) >= 11 is 14.5. The van der Waals surface area contributed by atoms with Crippen molar-refractivity contribution in [1.82, 2.24) is 4.90 Å². The molecule has 2 heterocycles. The van der Waals surface area contributed by atoms with Crippen molar-refractivity contribution in [3.63, 3.8) is 0 Å². The van der Waals surface area contributed by atoms with Gasteiger partial charge < -0.3 is 9.47 Å². The molecule has 0 aromatic heterocycles. The third-order valence-corrected chi connectivity index (χ3v) is 8.35. The molecule has 0 unspecified atom stereocenters. The number of nitrogens with zero attached hydrogens (tertiary/aromatic N) is 2. The summed E-state index contributed by atoms with van der Waals surface area (Å²) in [6, 6.07) is 18.5. The highest BCUT2D eigenvalue weighted by molar-refractivity contribution is 8.26. The van der Waals surface area contributed by atoms with Crippen LogP contribution < -0.4 is 14.4 Å². The van der Waals surface area contributed by atoms with E-state index in [2.05, 4.69) is 0 Å². The van der Waals surface area contributed by atoms with Gasteiger partial charge in [0.2, 0.25) is 0 Å². The number of ether oxygens (including phenoxy) is 2. The molecular formula is C26H19ClN2O4S3. The zero-order chi connectivity index (χ0) is 25.4. The lowest BCUT2D eigenvalue weighted by molar-refractivity contribution is -0.127. The summed E-state index contributed by atoms with van der Waals surface area (Å²) < 4.78 is 11.0. The largest absolute Gasteiger partial charge is 0.493 e. The van der Waals surface area contributed by atoms with Crippen LogP contribution in [0, 0.1) is 0 Å². The first-order valence-corrected chi connectivity index (χ1v) is 13.2. The Morgan fingerprint density at radius 3 is 2.50 bits per heavy atom. The van der Waals surface area contributed by atoms with Crippen molar-refractivity contribution in [1.29, 1.82) is 0 Å². The smallest absolute Gasteiger partial charge is 0.266 e. The van der Waals surface area contributed by atoms with Crippen LogP contribution in [0.4, 0.5) is 11.4 Å². The fourth-order valence-electron chi connectivity index (χ4n) is 3.93. The van der Waals surface area contributed by atoms with E-state index >= 15 is 0 Å². The minimum atomic E-state index is -0.320. The molecule has 3 aromatic rings. The zero-order valence-electron chi connectivity index (χ0n) is 19.2. The second-order valence-electron chi connectivity index (χ2n) is 7.79. The Bertz CT molecular complexity index is 1440. The van der Waals surface area contributed by atoms with Gasteiger partial charge in [-0.2, -0.15) is 0 Å². The van der Waals surface area contributed by atoms with E-state index in [0.29, 0.717) is 31.4 Å². The molecule has 3 aromatic carbocycles. The van der Waals surface area contributed by atoms with Crippen LogP contribution >= 0.6 is 47.3 Å². The number of thiocarbonyl (C=S) groups is 1. The van der Waals surface area contributed by atoms with E-state index in [0.717, 1.165) is 32.8 Å². The van der Waals surface area contributed by atoms with Crippen LogP contribution in [0.1, 0.15) is 5.56 Å². The second-order valence-corrected chi connectivity index (χ2v) is 11.0.